The fraction of sp³-hybridized carbons (Fsp3) is 0.571. The molecule has 0 spiro atoms. The summed E-state index contributed by atoms with van der Waals surface area (Å²) in [6, 6.07) is 6.29. The van der Waals surface area contributed by atoms with Crippen LogP contribution in [0.5, 0.6) is 5.75 Å². The maximum atomic E-state index is 9.39. The monoisotopic (exact) mass is 217 g/mol. The molecule has 3 rings (SSSR count). The first kappa shape index (κ1) is 10.0. The number of hydrogen-bond acceptors (Lipinski definition) is 2. The molecule has 0 radical (unpaired) electrons. The van der Waals surface area contributed by atoms with Crippen molar-refractivity contribution in [3.63, 3.8) is 0 Å². The van der Waals surface area contributed by atoms with E-state index in [1.807, 2.05) is 12.1 Å². The zero-order valence-corrected chi connectivity index (χ0v) is 9.74. The van der Waals surface area contributed by atoms with Crippen molar-refractivity contribution in [1.82, 2.24) is 0 Å². The molecule has 1 aromatic rings. The van der Waals surface area contributed by atoms with E-state index in [4.69, 9.17) is 0 Å². The van der Waals surface area contributed by atoms with Crippen LogP contribution in [-0.4, -0.2) is 11.1 Å². The molecule has 0 heterocycles. The molecule has 0 aliphatic heterocycles. The van der Waals surface area contributed by atoms with Gasteiger partial charge in [0.2, 0.25) is 0 Å². The average molecular weight is 217 g/mol. The van der Waals surface area contributed by atoms with Crippen LogP contribution in [0.4, 0.5) is 5.69 Å². The van der Waals surface area contributed by atoms with Crippen LogP contribution in [0.3, 0.4) is 0 Å². The van der Waals surface area contributed by atoms with E-state index in [2.05, 4.69) is 12.2 Å². The molecule has 2 fully saturated rings. The van der Waals surface area contributed by atoms with Gasteiger partial charge in [0, 0.05) is 11.7 Å². The number of phenols is 1. The lowest BCUT2D eigenvalue weighted by molar-refractivity contribution is 0.475. The summed E-state index contributed by atoms with van der Waals surface area (Å²) in [6.07, 6.45) is 5.58. The fourth-order valence-corrected chi connectivity index (χ4v) is 2.52. The van der Waals surface area contributed by atoms with Crippen LogP contribution in [0.2, 0.25) is 0 Å². The smallest absolute Gasteiger partial charge is 0.115 e. The zero-order valence-electron chi connectivity index (χ0n) is 9.74. The molecule has 0 atom stereocenters. The van der Waals surface area contributed by atoms with Crippen molar-refractivity contribution in [2.45, 2.75) is 38.6 Å². The standard InChI is InChI=1S/C14H19NO/c1-9-8-12(16)6-7-13(9)15-14(10-2-3-10)11-4-5-11/h6-8,10-11,14-16H,2-5H2,1H3. The van der Waals surface area contributed by atoms with Gasteiger partial charge in [0.05, 0.1) is 0 Å². The zero-order chi connectivity index (χ0) is 11.1. The van der Waals surface area contributed by atoms with Gasteiger partial charge in [-0.2, -0.15) is 0 Å². The van der Waals surface area contributed by atoms with Crippen molar-refractivity contribution in [3.05, 3.63) is 23.8 Å². The summed E-state index contributed by atoms with van der Waals surface area (Å²) in [6.45, 7) is 2.05. The van der Waals surface area contributed by atoms with E-state index in [1.54, 1.807) is 6.07 Å². The molecule has 2 aliphatic rings. The molecular weight excluding hydrogens is 198 g/mol. The van der Waals surface area contributed by atoms with Crippen molar-refractivity contribution in [2.75, 3.05) is 5.32 Å². The fourth-order valence-electron chi connectivity index (χ4n) is 2.52. The van der Waals surface area contributed by atoms with Gasteiger partial charge in [-0.05, 0) is 68.2 Å². The molecule has 2 heteroatoms. The van der Waals surface area contributed by atoms with Crippen LogP contribution in [0.1, 0.15) is 31.2 Å². The highest BCUT2D eigenvalue weighted by atomic mass is 16.3. The van der Waals surface area contributed by atoms with Gasteiger partial charge in [0.15, 0.2) is 0 Å². The molecule has 0 saturated heterocycles. The number of nitrogens with one attached hydrogen (secondary N) is 1. The van der Waals surface area contributed by atoms with E-state index >= 15 is 0 Å². The lowest BCUT2D eigenvalue weighted by Gasteiger charge is -2.20. The van der Waals surface area contributed by atoms with Crippen molar-refractivity contribution >= 4 is 5.69 Å². The quantitative estimate of drug-likeness (QED) is 0.758. The average Bonchev–Trinajstić information content (AvgIpc) is 3.11. The summed E-state index contributed by atoms with van der Waals surface area (Å²) in [7, 11) is 0. The minimum absolute atomic E-state index is 0.359. The Hall–Kier alpha value is -1.18. The van der Waals surface area contributed by atoms with E-state index < -0.39 is 0 Å². The minimum atomic E-state index is 0.359. The summed E-state index contributed by atoms with van der Waals surface area (Å²) >= 11 is 0. The van der Waals surface area contributed by atoms with E-state index in [0.717, 1.165) is 17.4 Å². The Kier molecular flexibility index (Phi) is 2.31. The Bertz CT molecular complexity index is 382. The van der Waals surface area contributed by atoms with Gasteiger partial charge in [-0.15, -0.1) is 0 Å². The maximum Gasteiger partial charge on any atom is 0.115 e. The maximum absolute atomic E-state index is 9.39. The predicted octanol–water partition coefficient (Wildman–Crippen LogP) is 3.30. The highest BCUT2D eigenvalue weighted by Crippen LogP contribution is 2.46. The summed E-state index contributed by atoms with van der Waals surface area (Å²) < 4.78 is 0. The molecule has 0 unspecified atom stereocenters. The molecule has 1 aromatic carbocycles. The number of anilines is 1. The Morgan fingerprint density at radius 1 is 1.19 bits per heavy atom. The Balaban J connectivity index is 1.76. The molecule has 2 nitrogen and oxygen atoms in total. The van der Waals surface area contributed by atoms with Crippen LogP contribution < -0.4 is 5.32 Å². The highest BCUT2D eigenvalue weighted by molar-refractivity contribution is 5.54. The van der Waals surface area contributed by atoms with Gasteiger partial charge in [-0.3, -0.25) is 0 Å². The van der Waals surface area contributed by atoms with Crippen LogP contribution >= 0.6 is 0 Å². The molecule has 0 aromatic heterocycles. The molecule has 16 heavy (non-hydrogen) atoms. The molecule has 2 aliphatic carbocycles. The van der Waals surface area contributed by atoms with Crippen molar-refractivity contribution in [3.8, 4) is 5.75 Å². The van der Waals surface area contributed by atoms with Crippen molar-refractivity contribution < 1.29 is 5.11 Å². The van der Waals surface area contributed by atoms with E-state index in [9.17, 15) is 5.11 Å². The summed E-state index contributed by atoms with van der Waals surface area (Å²) in [5.41, 5.74) is 2.34. The Labute approximate surface area is 96.7 Å². The molecule has 0 amide bonds. The minimum Gasteiger partial charge on any atom is -0.508 e. The molecular formula is C14H19NO. The van der Waals surface area contributed by atoms with E-state index in [1.165, 1.54) is 31.4 Å². The normalized spacial score (nSPS) is 20.1. The number of rotatable bonds is 4. The Morgan fingerprint density at radius 3 is 2.31 bits per heavy atom. The predicted molar refractivity (Wildman–Crippen MR) is 65.7 cm³/mol. The van der Waals surface area contributed by atoms with E-state index in [0.29, 0.717) is 11.8 Å². The highest BCUT2D eigenvalue weighted by Gasteiger charge is 2.41. The first-order valence-corrected chi connectivity index (χ1v) is 6.30. The summed E-state index contributed by atoms with van der Waals surface area (Å²) in [5.74, 6) is 2.17. The topological polar surface area (TPSA) is 32.3 Å². The second kappa shape index (κ2) is 3.69. The molecule has 2 saturated carbocycles. The van der Waals surface area contributed by atoms with Crippen LogP contribution in [0.15, 0.2) is 18.2 Å². The SMILES string of the molecule is Cc1cc(O)ccc1NC(C1CC1)C1CC1. The first-order chi connectivity index (χ1) is 7.74. The summed E-state index contributed by atoms with van der Waals surface area (Å²) in [5, 5.41) is 13.1. The third-order valence-electron chi connectivity index (χ3n) is 3.79. The Morgan fingerprint density at radius 2 is 1.81 bits per heavy atom. The largest absolute Gasteiger partial charge is 0.508 e. The van der Waals surface area contributed by atoms with Gasteiger partial charge < -0.3 is 10.4 Å². The van der Waals surface area contributed by atoms with Crippen LogP contribution in [0.25, 0.3) is 0 Å². The lowest BCUT2D eigenvalue weighted by Crippen LogP contribution is -2.24. The van der Waals surface area contributed by atoms with Crippen LogP contribution in [0, 0.1) is 18.8 Å². The molecule has 0 bridgehead atoms. The third kappa shape index (κ3) is 2.01. The number of aryl methyl sites for hydroxylation is 1. The van der Waals surface area contributed by atoms with Gasteiger partial charge in [-0.25, -0.2) is 0 Å². The van der Waals surface area contributed by atoms with Crippen molar-refractivity contribution in [1.29, 1.82) is 0 Å². The second-order valence-electron chi connectivity index (χ2n) is 5.34. The summed E-state index contributed by atoms with van der Waals surface area (Å²) in [4.78, 5) is 0. The lowest BCUT2D eigenvalue weighted by atomic mass is 10.1. The second-order valence-corrected chi connectivity index (χ2v) is 5.34. The van der Waals surface area contributed by atoms with Crippen molar-refractivity contribution in [2.24, 2.45) is 11.8 Å². The first-order valence-electron chi connectivity index (χ1n) is 6.30. The van der Waals surface area contributed by atoms with E-state index in [-0.39, 0.29) is 0 Å². The number of benzene rings is 1. The number of hydrogen-bond donors (Lipinski definition) is 2. The molecule has 86 valence electrons. The van der Waals surface area contributed by atoms with Gasteiger partial charge >= 0.3 is 0 Å². The van der Waals surface area contributed by atoms with Gasteiger partial charge in [-0.1, -0.05) is 0 Å². The number of aromatic hydroxyl groups is 1. The third-order valence-corrected chi connectivity index (χ3v) is 3.79. The van der Waals surface area contributed by atoms with Crippen LogP contribution in [-0.2, 0) is 0 Å². The number of phenolic OH excluding ortho intramolecular Hbond substituents is 1. The van der Waals surface area contributed by atoms with Gasteiger partial charge in [0.25, 0.3) is 0 Å². The van der Waals surface area contributed by atoms with Gasteiger partial charge in [0.1, 0.15) is 5.75 Å². The molecule has 2 N–H and O–H groups in total.